The summed E-state index contributed by atoms with van der Waals surface area (Å²) in [6, 6.07) is 4.08. The summed E-state index contributed by atoms with van der Waals surface area (Å²) in [4.78, 5) is 12.0. The van der Waals surface area contributed by atoms with E-state index >= 15 is 0 Å². The highest BCUT2D eigenvalue weighted by molar-refractivity contribution is 5.82. The minimum atomic E-state index is -1.12. The number of phenols is 2. The summed E-state index contributed by atoms with van der Waals surface area (Å²) in [6.07, 6.45) is 0. The van der Waals surface area contributed by atoms with Crippen LogP contribution in [-0.4, -0.2) is 29.8 Å². The molecule has 0 amide bonds. The standard InChI is InChI=1S/C14H21NO4/c1-9(2)8-15-14(3,13(18)19-4)10-5-11(16)7-12(17)6-10/h5-7,9,15-17H,8H2,1-4H3. The largest absolute Gasteiger partial charge is 0.508 e. The Kier molecular flexibility index (Phi) is 4.78. The van der Waals surface area contributed by atoms with Crippen molar-refractivity contribution in [3.05, 3.63) is 23.8 Å². The number of benzene rings is 1. The molecule has 5 heteroatoms. The first-order valence-electron chi connectivity index (χ1n) is 6.16. The molecule has 19 heavy (non-hydrogen) atoms. The lowest BCUT2D eigenvalue weighted by Crippen LogP contribution is -2.48. The molecule has 0 aliphatic carbocycles. The minimum Gasteiger partial charge on any atom is -0.508 e. The second-order valence-corrected chi connectivity index (χ2v) is 5.13. The summed E-state index contributed by atoms with van der Waals surface area (Å²) in [5.41, 5.74) is -0.660. The Morgan fingerprint density at radius 3 is 2.26 bits per heavy atom. The third-order valence-corrected chi connectivity index (χ3v) is 2.94. The van der Waals surface area contributed by atoms with E-state index in [4.69, 9.17) is 4.74 Å². The van der Waals surface area contributed by atoms with Crippen molar-refractivity contribution in [2.75, 3.05) is 13.7 Å². The number of hydrogen-bond acceptors (Lipinski definition) is 5. The average molecular weight is 267 g/mol. The molecule has 0 radical (unpaired) electrons. The summed E-state index contributed by atoms with van der Waals surface area (Å²) in [5, 5.41) is 22.2. The molecule has 0 heterocycles. The van der Waals surface area contributed by atoms with Crippen LogP contribution < -0.4 is 5.32 Å². The molecule has 106 valence electrons. The Morgan fingerprint density at radius 2 is 1.84 bits per heavy atom. The molecule has 3 N–H and O–H groups in total. The number of methoxy groups -OCH3 is 1. The van der Waals surface area contributed by atoms with Crippen LogP contribution in [0.5, 0.6) is 11.5 Å². The summed E-state index contributed by atoms with van der Waals surface area (Å²) in [7, 11) is 1.31. The molecular weight excluding hydrogens is 246 g/mol. The van der Waals surface area contributed by atoms with Gasteiger partial charge in [0, 0.05) is 6.07 Å². The van der Waals surface area contributed by atoms with Gasteiger partial charge in [-0.1, -0.05) is 13.8 Å². The van der Waals surface area contributed by atoms with Gasteiger partial charge in [0.15, 0.2) is 0 Å². The lowest BCUT2D eigenvalue weighted by Gasteiger charge is -2.29. The first-order chi connectivity index (χ1) is 8.79. The second kappa shape index (κ2) is 5.93. The highest BCUT2D eigenvalue weighted by atomic mass is 16.5. The average Bonchev–Trinajstić information content (AvgIpc) is 2.33. The van der Waals surface area contributed by atoms with Gasteiger partial charge >= 0.3 is 5.97 Å². The molecular formula is C14H21NO4. The van der Waals surface area contributed by atoms with Gasteiger partial charge in [-0.25, -0.2) is 4.79 Å². The number of carbonyl (C=O) groups is 1. The van der Waals surface area contributed by atoms with Crippen molar-refractivity contribution in [1.82, 2.24) is 5.32 Å². The van der Waals surface area contributed by atoms with E-state index in [1.807, 2.05) is 13.8 Å². The quantitative estimate of drug-likeness (QED) is 0.708. The molecule has 1 atom stereocenters. The molecule has 5 nitrogen and oxygen atoms in total. The normalized spacial score (nSPS) is 14.2. The number of esters is 1. The fourth-order valence-corrected chi connectivity index (χ4v) is 1.79. The third-order valence-electron chi connectivity index (χ3n) is 2.94. The highest BCUT2D eigenvalue weighted by Gasteiger charge is 2.36. The molecule has 0 saturated carbocycles. The van der Waals surface area contributed by atoms with Gasteiger partial charge in [0.05, 0.1) is 7.11 Å². The van der Waals surface area contributed by atoms with Crippen LogP contribution in [0, 0.1) is 5.92 Å². The van der Waals surface area contributed by atoms with Crippen LogP contribution in [0.2, 0.25) is 0 Å². The van der Waals surface area contributed by atoms with E-state index < -0.39 is 11.5 Å². The van der Waals surface area contributed by atoms with Crippen molar-refractivity contribution in [2.45, 2.75) is 26.3 Å². The van der Waals surface area contributed by atoms with E-state index in [9.17, 15) is 15.0 Å². The summed E-state index contributed by atoms with van der Waals surface area (Å²) >= 11 is 0. The maximum Gasteiger partial charge on any atom is 0.330 e. The molecule has 0 aliphatic rings. The summed E-state index contributed by atoms with van der Waals surface area (Å²) < 4.78 is 4.82. The molecule has 0 fully saturated rings. The Morgan fingerprint density at radius 1 is 1.32 bits per heavy atom. The zero-order valence-electron chi connectivity index (χ0n) is 11.7. The van der Waals surface area contributed by atoms with E-state index in [-0.39, 0.29) is 11.5 Å². The number of nitrogens with one attached hydrogen (secondary N) is 1. The fourth-order valence-electron chi connectivity index (χ4n) is 1.79. The van der Waals surface area contributed by atoms with Crippen LogP contribution >= 0.6 is 0 Å². The fraction of sp³-hybridized carbons (Fsp3) is 0.500. The van der Waals surface area contributed by atoms with Crippen molar-refractivity contribution in [1.29, 1.82) is 0 Å². The van der Waals surface area contributed by atoms with E-state index in [2.05, 4.69) is 5.32 Å². The van der Waals surface area contributed by atoms with Gasteiger partial charge in [0.25, 0.3) is 0 Å². The van der Waals surface area contributed by atoms with Crippen molar-refractivity contribution in [3.63, 3.8) is 0 Å². The van der Waals surface area contributed by atoms with Crippen molar-refractivity contribution in [3.8, 4) is 11.5 Å². The molecule has 0 bridgehead atoms. The minimum absolute atomic E-state index is 0.100. The zero-order chi connectivity index (χ0) is 14.6. The van der Waals surface area contributed by atoms with Gasteiger partial charge in [-0.3, -0.25) is 5.32 Å². The first-order valence-corrected chi connectivity index (χ1v) is 6.16. The van der Waals surface area contributed by atoms with Crippen LogP contribution in [-0.2, 0) is 15.1 Å². The summed E-state index contributed by atoms with van der Waals surface area (Å²) in [6.45, 7) is 6.30. The molecule has 0 saturated heterocycles. The maximum absolute atomic E-state index is 12.0. The molecule has 1 aromatic carbocycles. The monoisotopic (exact) mass is 267 g/mol. The molecule has 1 unspecified atom stereocenters. The van der Waals surface area contributed by atoms with E-state index in [0.717, 1.165) is 0 Å². The van der Waals surface area contributed by atoms with Gasteiger partial charge in [0.1, 0.15) is 17.0 Å². The van der Waals surface area contributed by atoms with Gasteiger partial charge in [-0.15, -0.1) is 0 Å². The van der Waals surface area contributed by atoms with E-state index in [0.29, 0.717) is 18.0 Å². The number of ether oxygens (including phenoxy) is 1. The second-order valence-electron chi connectivity index (χ2n) is 5.13. The van der Waals surface area contributed by atoms with Gasteiger partial charge in [-0.2, -0.15) is 0 Å². The number of rotatable bonds is 5. The van der Waals surface area contributed by atoms with E-state index in [1.165, 1.54) is 25.3 Å². The van der Waals surface area contributed by atoms with Crippen LogP contribution in [0.4, 0.5) is 0 Å². The molecule has 0 aromatic heterocycles. The lowest BCUT2D eigenvalue weighted by molar-refractivity contribution is -0.148. The zero-order valence-corrected chi connectivity index (χ0v) is 11.7. The molecule has 1 rings (SSSR count). The molecule has 0 aliphatic heterocycles. The van der Waals surface area contributed by atoms with Crippen LogP contribution in [0.15, 0.2) is 18.2 Å². The smallest absolute Gasteiger partial charge is 0.330 e. The Bertz CT molecular complexity index is 439. The SMILES string of the molecule is COC(=O)C(C)(NCC(C)C)c1cc(O)cc(O)c1. The topological polar surface area (TPSA) is 78.8 Å². The lowest BCUT2D eigenvalue weighted by atomic mass is 9.91. The maximum atomic E-state index is 12.0. The summed E-state index contributed by atoms with van der Waals surface area (Å²) in [5.74, 6) is -0.332. The number of hydrogen-bond donors (Lipinski definition) is 3. The Hall–Kier alpha value is -1.75. The predicted octanol–water partition coefficient (Wildman–Crippen LogP) is 1.73. The van der Waals surface area contributed by atoms with Gasteiger partial charge < -0.3 is 14.9 Å². The number of phenolic OH excluding ortho intramolecular Hbond substituents is 2. The van der Waals surface area contributed by atoms with Gasteiger partial charge in [-0.05, 0) is 37.1 Å². The van der Waals surface area contributed by atoms with Crippen LogP contribution in [0.1, 0.15) is 26.3 Å². The number of aromatic hydroxyl groups is 2. The van der Waals surface area contributed by atoms with Crippen molar-refractivity contribution < 1.29 is 19.7 Å². The first kappa shape index (κ1) is 15.3. The molecule has 0 spiro atoms. The van der Waals surface area contributed by atoms with Crippen LogP contribution in [0.25, 0.3) is 0 Å². The highest BCUT2D eigenvalue weighted by Crippen LogP contribution is 2.29. The van der Waals surface area contributed by atoms with Crippen molar-refractivity contribution >= 4 is 5.97 Å². The van der Waals surface area contributed by atoms with Crippen molar-refractivity contribution in [2.24, 2.45) is 5.92 Å². The van der Waals surface area contributed by atoms with Gasteiger partial charge in [0.2, 0.25) is 0 Å². The number of carbonyl (C=O) groups excluding carboxylic acids is 1. The Balaban J connectivity index is 3.18. The Labute approximate surface area is 113 Å². The van der Waals surface area contributed by atoms with E-state index in [1.54, 1.807) is 6.92 Å². The van der Waals surface area contributed by atoms with Crippen LogP contribution in [0.3, 0.4) is 0 Å². The molecule has 1 aromatic rings. The predicted molar refractivity (Wildman–Crippen MR) is 72.0 cm³/mol. The third kappa shape index (κ3) is 3.61.